The van der Waals surface area contributed by atoms with Crippen LogP contribution >= 0.6 is 11.8 Å². The highest BCUT2D eigenvalue weighted by Gasteiger charge is 2.25. The molecule has 0 heterocycles. The first-order valence-electron chi connectivity index (χ1n) is 5.87. The Bertz CT molecular complexity index is 321. The van der Waals surface area contributed by atoms with Gasteiger partial charge in [0.2, 0.25) is 0 Å². The van der Waals surface area contributed by atoms with E-state index < -0.39 is 0 Å². The van der Waals surface area contributed by atoms with Gasteiger partial charge in [-0.05, 0) is 24.7 Å². The van der Waals surface area contributed by atoms with Crippen molar-refractivity contribution in [3.05, 3.63) is 35.9 Å². The molecule has 0 N–H and O–H groups in total. The van der Waals surface area contributed by atoms with Crippen molar-refractivity contribution >= 4 is 17.5 Å². The van der Waals surface area contributed by atoms with E-state index in [0.717, 1.165) is 12.2 Å². The number of rotatable bonds is 6. The lowest BCUT2D eigenvalue weighted by Crippen LogP contribution is -2.23. The van der Waals surface area contributed by atoms with E-state index in [2.05, 4.69) is 26.0 Å². The Morgan fingerprint density at radius 1 is 1.25 bits per heavy atom. The molecule has 16 heavy (non-hydrogen) atoms. The lowest BCUT2D eigenvalue weighted by molar-refractivity contribution is -0.116. The van der Waals surface area contributed by atoms with E-state index in [4.69, 9.17) is 0 Å². The van der Waals surface area contributed by atoms with E-state index in [1.165, 1.54) is 5.56 Å². The van der Waals surface area contributed by atoms with Crippen LogP contribution in [0.2, 0.25) is 0 Å². The maximum atomic E-state index is 11.7. The molecule has 0 amide bonds. The Kier molecular flexibility index (Phi) is 5.61. The first kappa shape index (κ1) is 13.3. The third-order valence-electron chi connectivity index (χ3n) is 2.78. The molecule has 0 radical (unpaired) electrons. The van der Waals surface area contributed by atoms with Crippen molar-refractivity contribution in [2.24, 2.45) is 0 Å². The number of hydrogen-bond acceptors (Lipinski definition) is 2. The minimum absolute atomic E-state index is 0.109. The summed E-state index contributed by atoms with van der Waals surface area (Å²) in [5.74, 6) is 1.64. The molecule has 0 saturated heterocycles. The monoisotopic (exact) mass is 236 g/mol. The summed E-state index contributed by atoms with van der Waals surface area (Å²) in [6.07, 6.45) is 1.02. The molecule has 0 aliphatic heterocycles. The second-order valence-corrected chi connectivity index (χ2v) is 5.33. The van der Waals surface area contributed by atoms with Crippen LogP contribution in [0.3, 0.4) is 0 Å². The van der Waals surface area contributed by atoms with Crippen molar-refractivity contribution < 1.29 is 4.79 Å². The molecule has 2 atom stereocenters. The van der Waals surface area contributed by atoms with Crippen LogP contribution in [0.5, 0.6) is 0 Å². The molecule has 1 aromatic carbocycles. The number of carbonyl (C=O) groups excluding carboxylic acids is 1. The molecule has 1 aromatic rings. The molecule has 0 bridgehead atoms. The first-order chi connectivity index (χ1) is 7.70. The molecule has 0 aliphatic rings. The quantitative estimate of drug-likeness (QED) is 0.745. The average Bonchev–Trinajstić information content (AvgIpc) is 2.30. The second-order valence-electron chi connectivity index (χ2n) is 3.91. The van der Waals surface area contributed by atoms with Gasteiger partial charge < -0.3 is 0 Å². The van der Waals surface area contributed by atoms with Gasteiger partial charge in [0.25, 0.3) is 0 Å². The molecule has 2 heteroatoms. The van der Waals surface area contributed by atoms with Gasteiger partial charge in [-0.1, -0.05) is 44.2 Å². The van der Waals surface area contributed by atoms with E-state index in [1.807, 2.05) is 18.2 Å². The number of Topliss-reactive ketones (excluding diaryl/α,β-unsaturated/α-hetero) is 1. The van der Waals surface area contributed by atoms with Crippen molar-refractivity contribution in [2.45, 2.75) is 38.4 Å². The Morgan fingerprint density at radius 3 is 2.31 bits per heavy atom. The van der Waals surface area contributed by atoms with Crippen LogP contribution in [0, 0.1) is 0 Å². The molecule has 88 valence electrons. The summed E-state index contributed by atoms with van der Waals surface area (Å²) in [6.45, 7) is 5.97. The zero-order chi connectivity index (χ0) is 12.0. The smallest absolute Gasteiger partial charge is 0.143 e. The number of benzene rings is 1. The number of ketones is 1. The molecule has 0 spiro atoms. The van der Waals surface area contributed by atoms with Crippen LogP contribution < -0.4 is 0 Å². The molecule has 1 rings (SSSR count). The summed E-state index contributed by atoms with van der Waals surface area (Å²) < 4.78 is 0. The summed E-state index contributed by atoms with van der Waals surface area (Å²) >= 11 is 1.76. The zero-order valence-electron chi connectivity index (χ0n) is 10.3. The summed E-state index contributed by atoms with van der Waals surface area (Å²) in [4.78, 5) is 11.7. The molecular weight excluding hydrogens is 216 g/mol. The normalized spacial score (nSPS) is 14.4. The van der Waals surface area contributed by atoms with Crippen molar-refractivity contribution in [1.29, 1.82) is 0 Å². The highest BCUT2D eigenvalue weighted by Crippen LogP contribution is 2.31. The van der Waals surface area contributed by atoms with Gasteiger partial charge in [-0.25, -0.2) is 0 Å². The minimum Gasteiger partial charge on any atom is -0.299 e. The predicted molar refractivity (Wildman–Crippen MR) is 72.1 cm³/mol. The zero-order valence-corrected chi connectivity index (χ0v) is 11.1. The highest BCUT2D eigenvalue weighted by molar-refractivity contribution is 8.00. The van der Waals surface area contributed by atoms with Crippen molar-refractivity contribution in [1.82, 2.24) is 0 Å². The number of hydrogen-bond donors (Lipinski definition) is 0. The Labute approximate surface area is 103 Å². The maximum absolute atomic E-state index is 11.7. The molecule has 0 aromatic heterocycles. The van der Waals surface area contributed by atoms with Crippen LogP contribution in [0.4, 0.5) is 0 Å². The molecular formula is C14H20OS. The summed E-state index contributed by atoms with van der Waals surface area (Å²) in [5, 5.41) is 0.109. The molecule has 2 unspecified atom stereocenters. The number of carbonyl (C=O) groups is 1. The van der Waals surface area contributed by atoms with Crippen LogP contribution in [-0.2, 0) is 4.79 Å². The van der Waals surface area contributed by atoms with Crippen molar-refractivity contribution in [3.8, 4) is 0 Å². The van der Waals surface area contributed by atoms with Crippen LogP contribution in [0.15, 0.2) is 30.3 Å². The van der Waals surface area contributed by atoms with E-state index in [9.17, 15) is 4.79 Å². The van der Waals surface area contributed by atoms with Crippen LogP contribution in [-0.4, -0.2) is 16.8 Å². The molecule has 0 fully saturated rings. The van der Waals surface area contributed by atoms with Crippen molar-refractivity contribution in [3.63, 3.8) is 0 Å². The maximum Gasteiger partial charge on any atom is 0.143 e. The highest BCUT2D eigenvalue weighted by atomic mass is 32.2. The molecule has 0 saturated carbocycles. The standard InChI is InChI=1S/C14H20OS/c1-4-13(12-9-7-6-8-10-12)14(11(3)15)16-5-2/h6-10,13-14H,4-5H2,1-3H3. The lowest BCUT2D eigenvalue weighted by atomic mass is 9.91. The lowest BCUT2D eigenvalue weighted by Gasteiger charge is -2.23. The van der Waals surface area contributed by atoms with Gasteiger partial charge in [0.1, 0.15) is 5.78 Å². The largest absolute Gasteiger partial charge is 0.299 e. The average molecular weight is 236 g/mol. The Balaban J connectivity index is 2.91. The van der Waals surface area contributed by atoms with Gasteiger partial charge in [-0.2, -0.15) is 11.8 Å². The van der Waals surface area contributed by atoms with Gasteiger partial charge >= 0.3 is 0 Å². The van der Waals surface area contributed by atoms with E-state index in [-0.39, 0.29) is 5.25 Å². The fourth-order valence-corrected chi connectivity index (χ4v) is 3.20. The van der Waals surface area contributed by atoms with Gasteiger partial charge in [0.15, 0.2) is 0 Å². The fraction of sp³-hybridized carbons (Fsp3) is 0.500. The molecule has 1 nitrogen and oxygen atoms in total. The van der Waals surface area contributed by atoms with E-state index in [0.29, 0.717) is 11.7 Å². The second kappa shape index (κ2) is 6.74. The minimum atomic E-state index is 0.109. The molecule has 0 aliphatic carbocycles. The third kappa shape index (κ3) is 3.38. The van der Waals surface area contributed by atoms with Gasteiger partial charge in [-0.3, -0.25) is 4.79 Å². The van der Waals surface area contributed by atoms with Gasteiger partial charge in [0.05, 0.1) is 5.25 Å². The van der Waals surface area contributed by atoms with Crippen LogP contribution in [0.1, 0.15) is 38.7 Å². The summed E-state index contributed by atoms with van der Waals surface area (Å²) in [6, 6.07) is 10.4. The third-order valence-corrected chi connectivity index (χ3v) is 4.13. The first-order valence-corrected chi connectivity index (χ1v) is 6.92. The predicted octanol–water partition coefficient (Wildman–Crippen LogP) is 3.89. The Morgan fingerprint density at radius 2 is 1.88 bits per heavy atom. The SMILES string of the molecule is CCSC(C(C)=O)C(CC)c1ccccc1. The fourth-order valence-electron chi connectivity index (χ4n) is 2.02. The van der Waals surface area contributed by atoms with E-state index in [1.54, 1.807) is 18.7 Å². The topological polar surface area (TPSA) is 17.1 Å². The van der Waals surface area contributed by atoms with Gasteiger partial charge in [-0.15, -0.1) is 0 Å². The Hall–Kier alpha value is -0.760. The van der Waals surface area contributed by atoms with E-state index >= 15 is 0 Å². The number of thioether (sulfide) groups is 1. The summed E-state index contributed by atoms with van der Waals surface area (Å²) in [5.41, 5.74) is 1.28. The van der Waals surface area contributed by atoms with Gasteiger partial charge in [0, 0.05) is 5.92 Å². The summed E-state index contributed by atoms with van der Waals surface area (Å²) in [7, 11) is 0. The van der Waals surface area contributed by atoms with Crippen molar-refractivity contribution in [2.75, 3.05) is 5.75 Å². The van der Waals surface area contributed by atoms with Crippen LogP contribution in [0.25, 0.3) is 0 Å².